The minimum atomic E-state index is 0.535. The van der Waals surface area contributed by atoms with Gasteiger partial charge >= 0.3 is 0 Å². The fourth-order valence-electron chi connectivity index (χ4n) is 2.84. The third-order valence-corrected chi connectivity index (χ3v) is 4.20. The summed E-state index contributed by atoms with van der Waals surface area (Å²) < 4.78 is 1.67. The maximum atomic E-state index is 6.36. The largest absolute Gasteiger partial charge is 0.393 e. The van der Waals surface area contributed by atoms with Crippen LogP contribution in [0.2, 0.25) is 0 Å². The molecule has 1 aromatic carbocycles. The molecule has 0 radical (unpaired) electrons. The molecule has 8 heteroatoms. The Labute approximate surface area is 133 Å². The van der Waals surface area contributed by atoms with Crippen molar-refractivity contribution in [3.63, 3.8) is 0 Å². The Kier molecular flexibility index (Phi) is 3.30. The SMILES string of the molecule is CN1CCN(c2ncnc(-n3nnc4ccccc43)c2N)CC1. The van der Waals surface area contributed by atoms with Gasteiger partial charge in [-0.05, 0) is 19.2 Å². The van der Waals surface area contributed by atoms with Crippen molar-refractivity contribution in [1.82, 2.24) is 29.9 Å². The minimum absolute atomic E-state index is 0.535. The zero-order valence-corrected chi connectivity index (χ0v) is 12.9. The first-order valence-corrected chi connectivity index (χ1v) is 7.59. The molecular weight excluding hydrogens is 292 g/mol. The number of rotatable bonds is 2. The van der Waals surface area contributed by atoms with Crippen LogP contribution in [0.1, 0.15) is 0 Å². The number of nitrogen functional groups attached to an aromatic ring is 1. The van der Waals surface area contributed by atoms with E-state index in [9.17, 15) is 0 Å². The topological polar surface area (TPSA) is 89.0 Å². The van der Waals surface area contributed by atoms with Crippen molar-refractivity contribution in [2.24, 2.45) is 0 Å². The van der Waals surface area contributed by atoms with Gasteiger partial charge in [-0.2, -0.15) is 4.68 Å². The van der Waals surface area contributed by atoms with Crippen molar-refractivity contribution >= 4 is 22.5 Å². The standard InChI is InChI=1S/C15H18N8/c1-21-6-8-22(9-7-21)14-13(16)15(18-10-17-14)23-12-5-3-2-4-11(12)19-20-23/h2-5,10H,6-9,16H2,1H3. The van der Waals surface area contributed by atoms with Crippen LogP contribution in [-0.4, -0.2) is 63.1 Å². The quantitative estimate of drug-likeness (QED) is 0.739. The first-order chi connectivity index (χ1) is 11.2. The molecule has 118 valence electrons. The van der Waals surface area contributed by atoms with Crippen LogP contribution >= 0.6 is 0 Å². The summed E-state index contributed by atoms with van der Waals surface area (Å²) in [5, 5.41) is 8.36. The maximum absolute atomic E-state index is 6.36. The van der Waals surface area contributed by atoms with Crippen LogP contribution < -0.4 is 10.6 Å². The average Bonchev–Trinajstić information content (AvgIpc) is 3.00. The molecule has 4 rings (SSSR count). The second kappa shape index (κ2) is 5.47. The molecular formula is C15H18N8. The lowest BCUT2D eigenvalue weighted by atomic mass is 10.3. The van der Waals surface area contributed by atoms with Crippen LogP contribution in [0.5, 0.6) is 0 Å². The van der Waals surface area contributed by atoms with Crippen molar-refractivity contribution in [3.8, 4) is 5.82 Å². The van der Waals surface area contributed by atoms with Crippen molar-refractivity contribution in [1.29, 1.82) is 0 Å². The molecule has 8 nitrogen and oxygen atoms in total. The number of hydrogen-bond donors (Lipinski definition) is 1. The zero-order valence-electron chi connectivity index (χ0n) is 12.9. The minimum Gasteiger partial charge on any atom is -0.393 e. The van der Waals surface area contributed by atoms with Gasteiger partial charge in [0.15, 0.2) is 11.6 Å². The number of nitrogens with two attached hydrogens (primary N) is 1. The zero-order chi connectivity index (χ0) is 15.8. The van der Waals surface area contributed by atoms with E-state index in [1.807, 2.05) is 24.3 Å². The smallest absolute Gasteiger partial charge is 0.184 e. The lowest BCUT2D eigenvalue weighted by Crippen LogP contribution is -2.45. The number of hydrogen-bond acceptors (Lipinski definition) is 7. The van der Waals surface area contributed by atoms with E-state index in [0.29, 0.717) is 11.5 Å². The van der Waals surface area contributed by atoms with Crippen LogP contribution in [0.3, 0.4) is 0 Å². The highest BCUT2D eigenvalue weighted by Crippen LogP contribution is 2.27. The second-order valence-corrected chi connectivity index (χ2v) is 5.71. The number of fused-ring (bicyclic) bond motifs is 1. The highest BCUT2D eigenvalue weighted by molar-refractivity contribution is 5.79. The molecule has 0 bridgehead atoms. The van der Waals surface area contributed by atoms with E-state index in [2.05, 4.69) is 37.1 Å². The number of aromatic nitrogens is 5. The van der Waals surface area contributed by atoms with Gasteiger partial charge in [0.25, 0.3) is 0 Å². The highest BCUT2D eigenvalue weighted by atomic mass is 15.4. The van der Waals surface area contributed by atoms with E-state index < -0.39 is 0 Å². The predicted octanol–water partition coefficient (Wildman–Crippen LogP) is 0.544. The fraction of sp³-hybridized carbons (Fsp3) is 0.333. The number of likely N-dealkylation sites (N-methyl/N-ethyl adjacent to an activating group) is 1. The monoisotopic (exact) mass is 310 g/mol. The highest BCUT2D eigenvalue weighted by Gasteiger charge is 2.21. The molecule has 1 aliphatic rings. The molecule has 2 aromatic heterocycles. The number of benzene rings is 1. The number of para-hydroxylation sites is 1. The Morgan fingerprint density at radius 3 is 2.57 bits per heavy atom. The van der Waals surface area contributed by atoms with Gasteiger partial charge in [-0.25, -0.2) is 9.97 Å². The maximum Gasteiger partial charge on any atom is 0.184 e. The summed E-state index contributed by atoms with van der Waals surface area (Å²) in [6, 6.07) is 7.74. The predicted molar refractivity (Wildman–Crippen MR) is 88.6 cm³/mol. The van der Waals surface area contributed by atoms with E-state index in [4.69, 9.17) is 5.73 Å². The molecule has 3 heterocycles. The molecule has 0 spiro atoms. The van der Waals surface area contributed by atoms with Gasteiger partial charge in [0, 0.05) is 26.2 Å². The molecule has 1 aliphatic heterocycles. The van der Waals surface area contributed by atoms with Gasteiger partial charge in [-0.15, -0.1) is 5.10 Å². The van der Waals surface area contributed by atoms with Crippen molar-refractivity contribution < 1.29 is 0 Å². The summed E-state index contributed by atoms with van der Waals surface area (Å²) in [7, 11) is 2.12. The van der Waals surface area contributed by atoms with Gasteiger partial charge in [-0.3, -0.25) is 0 Å². The van der Waals surface area contributed by atoms with Gasteiger partial charge in [0.05, 0.1) is 5.52 Å². The molecule has 1 fully saturated rings. The molecule has 23 heavy (non-hydrogen) atoms. The van der Waals surface area contributed by atoms with Gasteiger partial charge in [0.1, 0.15) is 17.5 Å². The third kappa shape index (κ3) is 2.36. The van der Waals surface area contributed by atoms with Crippen molar-refractivity contribution in [2.75, 3.05) is 43.9 Å². The summed E-state index contributed by atoms with van der Waals surface area (Å²) in [4.78, 5) is 13.2. The molecule has 0 aliphatic carbocycles. The molecule has 1 saturated heterocycles. The third-order valence-electron chi connectivity index (χ3n) is 4.20. The first-order valence-electron chi connectivity index (χ1n) is 7.59. The summed E-state index contributed by atoms with van der Waals surface area (Å²) in [6.45, 7) is 3.78. The Balaban J connectivity index is 1.77. The van der Waals surface area contributed by atoms with Gasteiger partial charge < -0.3 is 15.5 Å². The number of piperazine rings is 1. The van der Waals surface area contributed by atoms with Crippen molar-refractivity contribution in [3.05, 3.63) is 30.6 Å². The summed E-state index contributed by atoms with van der Waals surface area (Å²) in [5.41, 5.74) is 8.59. The Morgan fingerprint density at radius 1 is 1.00 bits per heavy atom. The Bertz CT molecular complexity index is 834. The van der Waals surface area contributed by atoms with Crippen LogP contribution in [-0.2, 0) is 0 Å². The van der Waals surface area contributed by atoms with E-state index in [-0.39, 0.29) is 0 Å². The van der Waals surface area contributed by atoms with Crippen molar-refractivity contribution in [2.45, 2.75) is 0 Å². The molecule has 0 unspecified atom stereocenters. The Morgan fingerprint density at radius 2 is 1.74 bits per heavy atom. The number of anilines is 2. The van der Waals surface area contributed by atoms with Gasteiger partial charge in [0.2, 0.25) is 0 Å². The molecule has 0 saturated carbocycles. The number of nitrogens with zero attached hydrogens (tertiary/aromatic N) is 7. The van der Waals surface area contributed by atoms with E-state index in [1.165, 1.54) is 6.33 Å². The van der Waals surface area contributed by atoms with E-state index >= 15 is 0 Å². The van der Waals surface area contributed by atoms with Crippen LogP contribution in [0.25, 0.3) is 16.9 Å². The summed E-state index contributed by atoms with van der Waals surface area (Å²) >= 11 is 0. The molecule has 0 atom stereocenters. The molecule has 2 N–H and O–H groups in total. The Hall–Kier alpha value is -2.74. The van der Waals surface area contributed by atoms with Crippen LogP contribution in [0.15, 0.2) is 30.6 Å². The molecule has 3 aromatic rings. The summed E-state index contributed by atoms with van der Waals surface area (Å²) in [5.74, 6) is 1.34. The molecule has 0 amide bonds. The first kappa shape index (κ1) is 13.9. The lowest BCUT2D eigenvalue weighted by Gasteiger charge is -2.33. The lowest BCUT2D eigenvalue weighted by molar-refractivity contribution is 0.312. The average molecular weight is 310 g/mol. The van der Waals surface area contributed by atoms with Crippen LogP contribution in [0, 0.1) is 0 Å². The second-order valence-electron chi connectivity index (χ2n) is 5.71. The summed E-state index contributed by atoms with van der Waals surface area (Å²) in [6.07, 6.45) is 1.54. The van der Waals surface area contributed by atoms with Gasteiger partial charge in [-0.1, -0.05) is 17.3 Å². The fourth-order valence-corrected chi connectivity index (χ4v) is 2.84. The normalized spacial score (nSPS) is 16.1. The van der Waals surface area contributed by atoms with E-state index in [0.717, 1.165) is 43.0 Å². The van der Waals surface area contributed by atoms with Crippen LogP contribution in [0.4, 0.5) is 11.5 Å². The van der Waals surface area contributed by atoms with E-state index in [1.54, 1.807) is 4.68 Å².